The van der Waals surface area contributed by atoms with Gasteiger partial charge in [-0.3, -0.25) is 0 Å². The van der Waals surface area contributed by atoms with Gasteiger partial charge in [0.2, 0.25) is 0 Å². The van der Waals surface area contributed by atoms with E-state index in [-0.39, 0.29) is 51.4 Å². The summed E-state index contributed by atoms with van der Waals surface area (Å²) in [6.07, 6.45) is 0. The van der Waals surface area contributed by atoms with Crippen molar-refractivity contribution in [2.24, 2.45) is 5.41 Å². The van der Waals surface area contributed by atoms with Gasteiger partial charge in [0.25, 0.3) is 0 Å². The van der Waals surface area contributed by atoms with E-state index in [9.17, 15) is 0 Å². The predicted molar refractivity (Wildman–Crippen MR) is 24.8 cm³/mol. The Labute approximate surface area is 87.5 Å². The van der Waals surface area contributed by atoms with Crippen LogP contribution in [0.5, 0.6) is 0 Å². The Morgan fingerprint density at radius 1 is 1.57 bits per heavy atom. The fourth-order valence-electron chi connectivity index (χ4n) is 0. The molecule has 0 aromatic rings. The number of hydrogen-bond donors (Lipinski definition) is 0. The Morgan fingerprint density at radius 2 is 1.71 bits per heavy atom. The molecule has 0 fully saturated rings. The summed E-state index contributed by atoms with van der Waals surface area (Å²) < 4.78 is 0. The van der Waals surface area contributed by atoms with Gasteiger partial charge in [0.05, 0.1) is 0 Å². The van der Waals surface area contributed by atoms with Gasteiger partial charge in [0, 0.05) is 6.07 Å². The van der Waals surface area contributed by atoms with Crippen molar-refractivity contribution in [3.8, 4) is 6.07 Å². The molecule has 0 aliphatic rings. The van der Waals surface area contributed by atoms with Crippen molar-refractivity contribution in [2.75, 3.05) is 0 Å². The van der Waals surface area contributed by atoms with Crippen LogP contribution in [0.4, 0.5) is 0 Å². The Kier molecular flexibility index (Phi) is 6.36. The Hall–Kier alpha value is 1.13. The van der Waals surface area contributed by atoms with Gasteiger partial charge in [-0.05, 0) is 0 Å². The average molecular weight is 121 g/mol. The van der Waals surface area contributed by atoms with Crippen molar-refractivity contribution < 1.29 is 51.4 Å². The van der Waals surface area contributed by atoms with Gasteiger partial charge in [0.1, 0.15) is 0 Å². The van der Waals surface area contributed by atoms with E-state index in [1.165, 1.54) is 0 Å². The first-order chi connectivity index (χ1) is 2.56. The third kappa shape index (κ3) is 11.0. The zero-order valence-electron chi connectivity index (χ0n) is 5.15. The zero-order valence-corrected chi connectivity index (χ0v) is 8.28. The van der Waals surface area contributed by atoms with E-state index < -0.39 is 5.41 Å². The van der Waals surface area contributed by atoms with Crippen molar-refractivity contribution >= 4 is 0 Å². The van der Waals surface area contributed by atoms with Crippen molar-refractivity contribution in [1.29, 1.82) is 5.26 Å². The average Bonchev–Trinajstić information content (AvgIpc) is 1.35. The van der Waals surface area contributed by atoms with Crippen molar-refractivity contribution in [3.63, 3.8) is 0 Å². The topological polar surface area (TPSA) is 23.8 Å². The molecule has 0 radical (unpaired) electrons. The van der Waals surface area contributed by atoms with Gasteiger partial charge in [-0.25, -0.2) is 5.26 Å². The minimum absolute atomic E-state index is 0. The molecular weight excluding hydrogens is 113 g/mol. The van der Waals surface area contributed by atoms with Gasteiger partial charge in [-0.15, -0.1) is 0 Å². The van der Waals surface area contributed by atoms with Crippen LogP contribution < -0.4 is 51.4 Å². The second-order valence-electron chi connectivity index (χ2n) is 2.00. The van der Waals surface area contributed by atoms with Crippen molar-refractivity contribution in [1.82, 2.24) is 0 Å². The summed E-state index contributed by atoms with van der Waals surface area (Å²) in [4.78, 5) is 0. The Morgan fingerprint density at radius 3 is 1.71 bits per heavy atom. The zero-order chi connectivity index (χ0) is 5.21. The first kappa shape index (κ1) is 11.0. The summed E-state index contributed by atoms with van der Waals surface area (Å²) in [5, 5.41) is 8.09. The molecule has 7 heavy (non-hydrogen) atoms. The summed E-state index contributed by atoms with van der Waals surface area (Å²) in [5.41, 5.74) is -0.403. The summed E-state index contributed by atoms with van der Waals surface area (Å²) in [6.45, 7) is 7.07. The van der Waals surface area contributed by atoms with E-state index in [0.29, 0.717) is 0 Å². The maximum absolute atomic E-state index is 8.09. The van der Waals surface area contributed by atoms with E-state index in [1.54, 1.807) is 13.8 Å². The summed E-state index contributed by atoms with van der Waals surface area (Å²) in [6, 6.07) is 1.99. The van der Waals surface area contributed by atoms with Crippen LogP contribution in [0.3, 0.4) is 0 Å². The van der Waals surface area contributed by atoms with E-state index in [2.05, 4.69) is 6.92 Å². The molecule has 0 aliphatic heterocycles. The maximum Gasteiger partial charge on any atom is 1.00 e. The van der Waals surface area contributed by atoms with E-state index >= 15 is 0 Å². The molecule has 0 unspecified atom stereocenters. The number of nitriles is 1. The van der Waals surface area contributed by atoms with Crippen LogP contribution in [-0.4, -0.2) is 0 Å². The first-order valence-corrected chi connectivity index (χ1v) is 1.83. The standard InChI is InChI=1S/C5H8N.K/c1-5(2,3)4-6;/h1H2,2-3H3;/q-1;+1. The predicted octanol–water partition coefficient (Wildman–Crippen LogP) is -1.63. The van der Waals surface area contributed by atoms with Crippen LogP contribution >= 0.6 is 0 Å². The van der Waals surface area contributed by atoms with Gasteiger partial charge >= 0.3 is 51.4 Å². The van der Waals surface area contributed by atoms with Crippen molar-refractivity contribution in [2.45, 2.75) is 13.8 Å². The first-order valence-electron chi connectivity index (χ1n) is 1.83. The normalized spacial score (nSPS) is 8.86. The molecule has 2 heteroatoms. The second kappa shape index (κ2) is 4.05. The molecule has 0 aromatic heterocycles. The fourth-order valence-corrected chi connectivity index (χ4v) is 0. The molecular formula is C5H8KN. The second-order valence-corrected chi connectivity index (χ2v) is 2.00. The molecule has 0 amide bonds. The minimum Gasteiger partial charge on any atom is -0.324 e. The molecule has 0 heterocycles. The van der Waals surface area contributed by atoms with Crippen LogP contribution in [0.2, 0.25) is 0 Å². The van der Waals surface area contributed by atoms with E-state index in [0.717, 1.165) is 0 Å². The largest absolute Gasteiger partial charge is 1.00 e. The van der Waals surface area contributed by atoms with Crippen LogP contribution in [0, 0.1) is 23.7 Å². The molecule has 0 bridgehead atoms. The number of hydrogen-bond acceptors (Lipinski definition) is 1. The molecule has 0 atom stereocenters. The maximum atomic E-state index is 8.09. The molecule has 0 aromatic carbocycles. The summed E-state index contributed by atoms with van der Waals surface area (Å²) in [7, 11) is 0. The molecule has 0 saturated carbocycles. The monoisotopic (exact) mass is 121 g/mol. The summed E-state index contributed by atoms with van der Waals surface area (Å²) >= 11 is 0. The van der Waals surface area contributed by atoms with Gasteiger partial charge in [-0.2, -0.15) is 0 Å². The fraction of sp³-hybridized carbons (Fsp3) is 0.600. The molecule has 0 N–H and O–H groups in total. The quantitative estimate of drug-likeness (QED) is 0.279. The van der Waals surface area contributed by atoms with E-state index in [1.807, 2.05) is 6.07 Å². The summed E-state index contributed by atoms with van der Waals surface area (Å²) in [5.74, 6) is 0. The number of nitrogens with zero attached hydrogens (tertiary/aromatic N) is 1. The van der Waals surface area contributed by atoms with Crippen LogP contribution in [0.1, 0.15) is 13.8 Å². The third-order valence-electron chi connectivity index (χ3n) is 0.303. The molecule has 0 saturated heterocycles. The molecule has 0 rings (SSSR count). The Balaban J connectivity index is 0. The van der Waals surface area contributed by atoms with Crippen molar-refractivity contribution in [3.05, 3.63) is 6.92 Å². The molecule has 0 aliphatic carbocycles. The smallest absolute Gasteiger partial charge is 0.324 e. The molecule has 0 spiro atoms. The van der Waals surface area contributed by atoms with Crippen LogP contribution in [-0.2, 0) is 0 Å². The van der Waals surface area contributed by atoms with Crippen LogP contribution in [0.15, 0.2) is 0 Å². The van der Waals surface area contributed by atoms with Crippen LogP contribution in [0.25, 0.3) is 0 Å². The number of rotatable bonds is 0. The molecule has 1 nitrogen and oxygen atoms in total. The van der Waals surface area contributed by atoms with Gasteiger partial charge in [-0.1, -0.05) is 19.3 Å². The third-order valence-corrected chi connectivity index (χ3v) is 0.303. The van der Waals surface area contributed by atoms with Gasteiger partial charge in [0.15, 0.2) is 0 Å². The Bertz CT molecular complexity index is 75.1. The van der Waals surface area contributed by atoms with E-state index in [4.69, 9.17) is 5.26 Å². The minimum atomic E-state index is -0.403. The molecule has 34 valence electrons. The SMILES string of the molecule is [CH2-]C(C)(C)C#N.[K+]. The van der Waals surface area contributed by atoms with Gasteiger partial charge < -0.3 is 6.92 Å².